The Balaban J connectivity index is 1.94. The quantitative estimate of drug-likeness (QED) is 0.902. The zero-order valence-corrected chi connectivity index (χ0v) is 12.5. The molecule has 1 N–H and O–H groups in total. The normalized spacial score (nSPS) is 16.7. The molecule has 18 heavy (non-hydrogen) atoms. The van der Waals surface area contributed by atoms with Crippen LogP contribution in [0.1, 0.15) is 22.5 Å². The van der Waals surface area contributed by atoms with Gasteiger partial charge < -0.3 is 10.2 Å². The summed E-state index contributed by atoms with van der Waals surface area (Å²) in [4.78, 5) is 26.3. The number of likely N-dealkylation sites (tertiary alicyclic amines) is 1. The number of nitrogens with zero attached hydrogens (tertiary/aromatic N) is 1. The van der Waals surface area contributed by atoms with Gasteiger partial charge in [-0.3, -0.25) is 9.59 Å². The molecule has 0 unspecified atom stereocenters. The average molecular weight is 331 g/mol. The van der Waals surface area contributed by atoms with Crippen molar-refractivity contribution in [1.29, 1.82) is 0 Å². The van der Waals surface area contributed by atoms with Gasteiger partial charge in [0.1, 0.15) is 0 Å². The summed E-state index contributed by atoms with van der Waals surface area (Å²) >= 11 is 4.80. The molecule has 2 amide bonds. The lowest BCUT2D eigenvalue weighted by Gasteiger charge is -2.30. The van der Waals surface area contributed by atoms with Gasteiger partial charge in [0.05, 0.1) is 8.66 Å². The lowest BCUT2D eigenvalue weighted by molar-refractivity contribution is -0.125. The Labute approximate surface area is 118 Å². The van der Waals surface area contributed by atoms with E-state index in [9.17, 15) is 9.59 Å². The highest BCUT2D eigenvalue weighted by Gasteiger charge is 2.27. The summed E-state index contributed by atoms with van der Waals surface area (Å²) < 4.78 is 0.964. The maximum Gasteiger partial charge on any atom is 0.263 e. The van der Waals surface area contributed by atoms with E-state index in [0.717, 1.165) is 21.5 Å². The molecule has 1 saturated heterocycles. The van der Waals surface area contributed by atoms with Crippen LogP contribution in [0.2, 0.25) is 0 Å². The molecule has 1 aromatic rings. The molecular weight excluding hydrogens is 316 g/mol. The van der Waals surface area contributed by atoms with Gasteiger partial charge in [-0.2, -0.15) is 0 Å². The summed E-state index contributed by atoms with van der Waals surface area (Å²) in [7, 11) is 1.66. The number of halogens is 1. The first-order valence-electron chi connectivity index (χ1n) is 5.88. The van der Waals surface area contributed by atoms with Gasteiger partial charge >= 0.3 is 0 Å². The topological polar surface area (TPSA) is 49.4 Å². The van der Waals surface area contributed by atoms with E-state index in [1.807, 2.05) is 17.0 Å². The highest BCUT2D eigenvalue weighted by molar-refractivity contribution is 9.11. The lowest BCUT2D eigenvalue weighted by atomic mass is 9.96. The highest BCUT2D eigenvalue weighted by Crippen LogP contribution is 2.25. The van der Waals surface area contributed by atoms with E-state index in [4.69, 9.17) is 0 Å². The molecule has 2 rings (SSSR count). The Bertz CT molecular complexity index is 453. The summed E-state index contributed by atoms with van der Waals surface area (Å²) in [5.41, 5.74) is 0. The molecule has 6 heteroatoms. The Morgan fingerprint density at radius 3 is 2.56 bits per heavy atom. The van der Waals surface area contributed by atoms with Crippen molar-refractivity contribution < 1.29 is 9.59 Å². The van der Waals surface area contributed by atoms with Crippen molar-refractivity contribution in [2.24, 2.45) is 5.92 Å². The van der Waals surface area contributed by atoms with Crippen molar-refractivity contribution in [2.45, 2.75) is 12.8 Å². The monoisotopic (exact) mass is 330 g/mol. The first-order valence-corrected chi connectivity index (χ1v) is 7.49. The molecule has 4 nitrogen and oxygen atoms in total. The third kappa shape index (κ3) is 2.92. The standard InChI is InChI=1S/C12H15BrN2O2S/c1-14-11(16)8-4-6-15(7-5-8)12(17)9-2-3-10(13)18-9/h2-3,8H,4-7H2,1H3,(H,14,16). The molecule has 0 saturated carbocycles. The molecule has 0 aliphatic carbocycles. The minimum atomic E-state index is 0.0501. The first kappa shape index (κ1) is 13.5. The molecule has 0 aromatic carbocycles. The average Bonchev–Trinajstić information content (AvgIpc) is 2.84. The SMILES string of the molecule is CNC(=O)C1CCN(C(=O)c2ccc(Br)s2)CC1. The Morgan fingerprint density at radius 2 is 2.06 bits per heavy atom. The number of hydrogen-bond acceptors (Lipinski definition) is 3. The lowest BCUT2D eigenvalue weighted by Crippen LogP contribution is -2.42. The third-order valence-corrected chi connectivity index (χ3v) is 4.79. The molecule has 1 aliphatic rings. The molecule has 1 aromatic heterocycles. The van der Waals surface area contributed by atoms with Gasteiger partial charge in [-0.1, -0.05) is 0 Å². The molecule has 1 aliphatic heterocycles. The second kappa shape index (κ2) is 5.84. The van der Waals surface area contributed by atoms with Crippen LogP contribution in [0.4, 0.5) is 0 Å². The van der Waals surface area contributed by atoms with Gasteiger partial charge in [-0.25, -0.2) is 0 Å². The molecule has 1 fully saturated rings. The van der Waals surface area contributed by atoms with E-state index in [0.29, 0.717) is 13.1 Å². The largest absolute Gasteiger partial charge is 0.359 e. The Kier molecular flexibility index (Phi) is 4.40. The summed E-state index contributed by atoms with van der Waals surface area (Å²) in [5.74, 6) is 0.205. The van der Waals surface area contributed by atoms with E-state index in [1.165, 1.54) is 11.3 Å². The van der Waals surface area contributed by atoms with Crippen LogP contribution < -0.4 is 5.32 Å². The zero-order valence-electron chi connectivity index (χ0n) is 10.1. The number of hydrogen-bond donors (Lipinski definition) is 1. The van der Waals surface area contributed by atoms with Crippen LogP contribution in [0, 0.1) is 5.92 Å². The Morgan fingerprint density at radius 1 is 1.39 bits per heavy atom. The van der Waals surface area contributed by atoms with Crippen LogP contribution in [0.15, 0.2) is 15.9 Å². The molecule has 0 radical (unpaired) electrons. The van der Waals surface area contributed by atoms with Crippen molar-refractivity contribution >= 4 is 39.1 Å². The van der Waals surface area contributed by atoms with Crippen LogP contribution in [-0.2, 0) is 4.79 Å². The van der Waals surface area contributed by atoms with Crippen molar-refractivity contribution in [3.05, 3.63) is 20.8 Å². The highest BCUT2D eigenvalue weighted by atomic mass is 79.9. The van der Waals surface area contributed by atoms with E-state index < -0.39 is 0 Å². The fraction of sp³-hybridized carbons (Fsp3) is 0.500. The maximum absolute atomic E-state index is 12.2. The minimum absolute atomic E-state index is 0.0501. The fourth-order valence-electron chi connectivity index (χ4n) is 2.13. The van der Waals surface area contributed by atoms with Crippen LogP contribution in [0.25, 0.3) is 0 Å². The number of thiophene rings is 1. The number of carbonyl (C=O) groups is 2. The fourth-order valence-corrected chi connectivity index (χ4v) is 3.49. The number of carbonyl (C=O) groups excluding carboxylic acids is 2. The van der Waals surface area contributed by atoms with Crippen LogP contribution in [0.3, 0.4) is 0 Å². The number of amides is 2. The first-order chi connectivity index (χ1) is 8.61. The number of nitrogens with one attached hydrogen (secondary N) is 1. The number of rotatable bonds is 2. The summed E-state index contributed by atoms with van der Waals surface area (Å²) in [6, 6.07) is 3.72. The summed E-state index contributed by atoms with van der Waals surface area (Å²) in [5, 5.41) is 2.67. The van der Waals surface area contributed by atoms with Gasteiger partial charge in [-0.15, -0.1) is 11.3 Å². The third-order valence-electron chi connectivity index (χ3n) is 3.18. The Hall–Kier alpha value is -0.880. The van der Waals surface area contributed by atoms with Gasteiger partial charge in [0.25, 0.3) is 5.91 Å². The van der Waals surface area contributed by atoms with Crippen molar-refractivity contribution in [2.75, 3.05) is 20.1 Å². The van der Waals surface area contributed by atoms with E-state index in [1.54, 1.807) is 7.05 Å². The number of piperidine rings is 1. The van der Waals surface area contributed by atoms with Gasteiger partial charge in [0, 0.05) is 26.1 Å². The molecule has 0 atom stereocenters. The smallest absolute Gasteiger partial charge is 0.263 e. The van der Waals surface area contributed by atoms with Crippen LogP contribution in [-0.4, -0.2) is 36.9 Å². The molecule has 98 valence electrons. The second-order valence-corrected chi connectivity index (χ2v) is 6.75. The molecular formula is C12H15BrN2O2S. The van der Waals surface area contributed by atoms with Crippen LogP contribution >= 0.6 is 27.3 Å². The van der Waals surface area contributed by atoms with Crippen molar-refractivity contribution in [1.82, 2.24) is 10.2 Å². The predicted molar refractivity (Wildman–Crippen MR) is 74.7 cm³/mol. The van der Waals surface area contributed by atoms with Crippen LogP contribution in [0.5, 0.6) is 0 Å². The maximum atomic E-state index is 12.2. The van der Waals surface area contributed by atoms with Gasteiger partial charge in [-0.05, 0) is 40.9 Å². The van der Waals surface area contributed by atoms with E-state index in [2.05, 4.69) is 21.2 Å². The molecule has 0 spiro atoms. The predicted octanol–water partition coefficient (Wildman–Crippen LogP) is 2.11. The van der Waals surface area contributed by atoms with Gasteiger partial charge in [0.15, 0.2) is 0 Å². The van der Waals surface area contributed by atoms with E-state index >= 15 is 0 Å². The molecule has 0 bridgehead atoms. The van der Waals surface area contributed by atoms with Crippen molar-refractivity contribution in [3.63, 3.8) is 0 Å². The van der Waals surface area contributed by atoms with Crippen molar-refractivity contribution in [3.8, 4) is 0 Å². The van der Waals surface area contributed by atoms with Gasteiger partial charge in [0.2, 0.25) is 5.91 Å². The summed E-state index contributed by atoms with van der Waals surface area (Å²) in [6.45, 7) is 1.32. The van der Waals surface area contributed by atoms with E-state index in [-0.39, 0.29) is 17.7 Å². The minimum Gasteiger partial charge on any atom is -0.359 e. The molecule has 2 heterocycles. The zero-order chi connectivity index (χ0) is 13.1. The second-order valence-electron chi connectivity index (χ2n) is 4.28. The summed E-state index contributed by atoms with van der Waals surface area (Å²) in [6.07, 6.45) is 1.50.